The highest BCUT2D eigenvalue weighted by atomic mass is 35.5. The Labute approximate surface area is 166 Å². The minimum atomic E-state index is -0.633. The van der Waals surface area contributed by atoms with E-state index in [9.17, 15) is 19.7 Å². The van der Waals surface area contributed by atoms with Crippen molar-refractivity contribution in [1.82, 2.24) is 0 Å². The number of rotatable bonds is 5. The van der Waals surface area contributed by atoms with Crippen LogP contribution in [0.2, 0.25) is 5.02 Å². The number of amides is 1. The van der Waals surface area contributed by atoms with Gasteiger partial charge in [-0.2, -0.15) is 0 Å². The zero-order valence-corrected chi connectivity index (χ0v) is 15.9. The number of methoxy groups -OCH3 is 1. The lowest BCUT2D eigenvalue weighted by Gasteiger charge is -2.17. The first-order valence-corrected chi connectivity index (χ1v) is 9.01. The molecule has 1 aliphatic heterocycles. The maximum Gasteiger partial charge on any atom is 0.339 e. The monoisotopic (exact) mass is 403 g/mol. The molecule has 0 aromatic heterocycles. The second kappa shape index (κ2) is 8.26. The van der Waals surface area contributed by atoms with Crippen molar-refractivity contribution in [3.63, 3.8) is 0 Å². The standard InChI is InChI=1S/C19H18ClN3O5/c1-28-19(25)14-11-13(5-6-15(14)20)21-18(24)12-4-7-16(17(10-12)23(26)27)22-8-2-3-9-22/h4-7,10-11H,2-3,8-9H2,1H3,(H,21,24). The molecule has 1 saturated heterocycles. The van der Waals surface area contributed by atoms with Gasteiger partial charge >= 0.3 is 5.97 Å². The molecule has 146 valence electrons. The number of nitrogens with zero attached hydrogens (tertiary/aromatic N) is 2. The van der Waals surface area contributed by atoms with Gasteiger partial charge in [0, 0.05) is 30.4 Å². The summed E-state index contributed by atoms with van der Waals surface area (Å²) in [5.74, 6) is -1.17. The third-order valence-corrected chi connectivity index (χ3v) is 4.84. The van der Waals surface area contributed by atoms with Crippen molar-refractivity contribution in [2.75, 3.05) is 30.4 Å². The third kappa shape index (κ3) is 4.07. The lowest BCUT2D eigenvalue weighted by Crippen LogP contribution is -2.20. The van der Waals surface area contributed by atoms with Gasteiger partial charge in [-0.1, -0.05) is 11.6 Å². The van der Waals surface area contributed by atoms with Gasteiger partial charge in [0.1, 0.15) is 5.69 Å². The Morgan fingerprint density at radius 1 is 1.18 bits per heavy atom. The topological polar surface area (TPSA) is 102 Å². The van der Waals surface area contributed by atoms with Gasteiger partial charge in [0.2, 0.25) is 0 Å². The lowest BCUT2D eigenvalue weighted by atomic mass is 10.1. The average molecular weight is 404 g/mol. The molecule has 1 amide bonds. The number of carbonyl (C=O) groups is 2. The molecule has 1 fully saturated rings. The van der Waals surface area contributed by atoms with Crippen molar-refractivity contribution in [1.29, 1.82) is 0 Å². The number of anilines is 2. The van der Waals surface area contributed by atoms with E-state index in [-0.39, 0.29) is 21.8 Å². The highest BCUT2D eigenvalue weighted by molar-refractivity contribution is 6.33. The summed E-state index contributed by atoms with van der Waals surface area (Å²) in [4.78, 5) is 37.2. The summed E-state index contributed by atoms with van der Waals surface area (Å²) in [6.45, 7) is 1.51. The quantitative estimate of drug-likeness (QED) is 0.461. The van der Waals surface area contributed by atoms with Crippen molar-refractivity contribution in [3.8, 4) is 0 Å². The summed E-state index contributed by atoms with van der Waals surface area (Å²) < 4.78 is 4.65. The molecule has 1 N–H and O–H groups in total. The smallest absolute Gasteiger partial charge is 0.339 e. The Balaban J connectivity index is 1.86. The SMILES string of the molecule is COC(=O)c1cc(NC(=O)c2ccc(N3CCCC3)c([N+](=O)[O-])c2)ccc1Cl. The predicted octanol–water partition coefficient (Wildman–Crippen LogP) is 3.89. The zero-order valence-electron chi connectivity index (χ0n) is 15.1. The van der Waals surface area contributed by atoms with Crippen LogP contribution in [-0.4, -0.2) is 37.0 Å². The van der Waals surface area contributed by atoms with Crippen molar-refractivity contribution < 1.29 is 19.2 Å². The number of carbonyl (C=O) groups excluding carboxylic acids is 2. The maximum atomic E-state index is 12.6. The number of benzene rings is 2. The van der Waals surface area contributed by atoms with Crippen LogP contribution in [0.4, 0.5) is 17.1 Å². The highest BCUT2D eigenvalue weighted by Gasteiger charge is 2.24. The van der Waals surface area contributed by atoms with E-state index in [4.69, 9.17) is 11.6 Å². The van der Waals surface area contributed by atoms with Gasteiger partial charge in [-0.05, 0) is 43.2 Å². The Bertz CT molecular complexity index is 941. The second-order valence-electron chi connectivity index (χ2n) is 6.30. The van der Waals surface area contributed by atoms with Crippen molar-refractivity contribution in [2.45, 2.75) is 12.8 Å². The molecule has 28 heavy (non-hydrogen) atoms. The van der Waals surface area contributed by atoms with E-state index in [0.29, 0.717) is 11.4 Å². The summed E-state index contributed by atoms with van der Waals surface area (Å²) >= 11 is 5.97. The molecule has 0 spiro atoms. The average Bonchev–Trinajstić information content (AvgIpc) is 3.23. The van der Waals surface area contributed by atoms with Gasteiger partial charge in [-0.3, -0.25) is 14.9 Å². The summed E-state index contributed by atoms with van der Waals surface area (Å²) in [5, 5.41) is 14.3. The van der Waals surface area contributed by atoms with Crippen LogP contribution in [-0.2, 0) is 4.74 Å². The van der Waals surface area contributed by atoms with E-state index in [1.54, 1.807) is 12.1 Å². The summed E-state index contributed by atoms with van der Waals surface area (Å²) in [6, 6.07) is 8.79. The second-order valence-corrected chi connectivity index (χ2v) is 6.70. The van der Waals surface area contributed by atoms with Gasteiger partial charge in [-0.25, -0.2) is 4.79 Å². The number of nitrogens with one attached hydrogen (secondary N) is 1. The molecule has 0 bridgehead atoms. The highest BCUT2D eigenvalue weighted by Crippen LogP contribution is 2.32. The minimum absolute atomic E-state index is 0.109. The number of hydrogen-bond donors (Lipinski definition) is 1. The van der Waals surface area contributed by atoms with Gasteiger partial charge in [0.25, 0.3) is 11.6 Å². The van der Waals surface area contributed by atoms with E-state index in [1.807, 2.05) is 4.90 Å². The third-order valence-electron chi connectivity index (χ3n) is 4.51. The molecule has 0 saturated carbocycles. The summed E-state index contributed by atoms with van der Waals surface area (Å²) in [6.07, 6.45) is 1.97. The molecule has 1 aliphatic rings. The fourth-order valence-corrected chi connectivity index (χ4v) is 3.30. The Hall–Kier alpha value is -3.13. The number of nitro groups is 1. The van der Waals surface area contributed by atoms with Gasteiger partial charge in [0.15, 0.2) is 0 Å². The molecule has 3 rings (SSSR count). The van der Waals surface area contributed by atoms with Gasteiger partial charge < -0.3 is 15.0 Å². The number of nitro benzene ring substituents is 1. The molecule has 0 atom stereocenters. The normalized spacial score (nSPS) is 13.3. The largest absolute Gasteiger partial charge is 0.465 e. The zero-order chi connectivity index (χ0) is 20.3. The van der Waals surface area contributed by atoms with Crippen LogP contribution < -0.4 is 10.2 Å². The molecule has 8 nitrogen and oxygen atoms in total. The van der Waals surface area contributed by atoms with E-state index in [2.05, 4.69) is 10.1 Å². The number of ether oxygens (including phenoxy) is 1. The molecular formula is C19H18ClN3O5. The van der Waals surface area contributed by atoms with E-state index >= 15 is 0 Å². The fourth-order valence-electron chi connectivity index (χ4n) is 3.11. The maximum absolute atomic E-state index is 12.6. The first-order chi connectivity index (χ1) is 13.4. The summed E-state index contributed by atoms with van der Waals surface area (Å²) in [7, 11) is 1.23. The first-order valence-electron chi connectivity index (χ1n) is 8.63. The van der Waals surface area contributed by atoms with Gasteiger partial charge in [-0.15, -0.1) is 0 Å². The molecule has 2 aromatic rings. The van der Waals surface area contributed by atoms with Gasteiger partial charge in [0.05, 0.1) is 22.6 Å². The number of hydrogen-bond acceptors (Lipinski definition) is 6. The molecular weight excluding hydrogens is 386 g/mol. The van der Waals surface area contributed by atoms with Crippen molar-refractivity contribution in [3.05, 3.63) is 62.7 Å². The fraction of sp³-hybridized carbons (Fsp3) is 0.263. The first kappa shape index (κ1) is 19.6. The Morgan fingerprint density at radius 3 is 2.54 bits per heavy atom. The van der Waals surface area contributed by atoms with E-state index < -0.39 is 16.8 Å². The molecule has 0 aliphatic carbocycles. The van der Waals surface area contributed by atoms with Crippen LogP contribution in [0.1, 0.15) is 33.6 Å². The van der Waals surface area contributed by atoms with Crippen LogP contribution >= 0.6 is 11.6 Å². The Morgan fingerprint density at radius 2 is 1.89 bits per heavy atom. The predicted molar refractivity (Wildman–Crippen MR) is 105 cm³/mol. The van der Waals surface area contributed by atoms with Crippen LogP contribution in [0.5, 0.6) is 0 Å². The van der Waals surface area contributed by atoms with Crippen molar-refractivity contribution in [2.24, 2.45) is 0 Å². The van der Waals surface area contributed by atoms with Crippen LogP contribution in [0.25, 0.3) is 0 Å². The molecule has 9 heteroatoms. The lowest BCUT2D eigenvalue weighted by molar-refractivity contribution is -0.384. The van der Waals surface area contributed by atoms with Crippen LogP contribution in [0.15, 0.2) is 36.4 Å². The Kier molecular flexibility index (Phi) is 5.79. The molecule has 0 radical (unpaired) electrons. The van der Waals surface area contributed by atoms with Crippen LogP contribution in [0, 0.1) is 10.1 Å². The van der Waals surface area contributed by atoms with Crippen LogP contribution in [0.3, 0.4) is 0 Å². The summed E-state index contributed by atoms with van der Waals surface area (Å²) in [5.41, 5.74) is 0.974. The molecule has 0 unspecified atom stereocenters. The number of halogens is 1. The minimum Gasteiger partial charge on any atom is -0.465 e. The molecule has 2 aromatic carbocycles. The van der Waals surface area contributed by atoms with E-state index in [1.165, 1.54) is 31.4 Å². The van der Waals surface area contributed by atoms with Crippen molar-refractivity contribution >= 4 is 40.5 Å². The van der Waals surface area contributed by atoms with E-state index in [0.717, 1.165) is 25.9 Å². The number of esters is 1. The molecule has 1 heterocycles.